The Morgan fingerprint density at radius 2 is 1.71 bits per heavy atom. The molecule has 1 saturated carbocycles. The Hall–Kier alpha value is -2.36. The van der Waals surface area contributed by atoms with Crippen LogP contribution in [0.2, 0.25) is 0 Å². The van der Waals surface area contributed by atoms with Gasteiger partial charge in [0.1, 0.15) is 6.54 Å². The molecule has 0 aromatic heterocycles. The van der Waals surface area contributed by atoms with Gasteiger partial charge in [-0.05, 0) is 28.8 Å². The fraction of sp³-hybridized carbons (Fsp3) is 0.400. The average Bonchev–Trinajstić information content (AvgIpc) is 2.60. The molecule has 2 aromatic rings. The van der Waals surface area contributed by atoms with Crippen molar-refractivity contribution in [1.82, 2.24) is 5.32 Å². The Labute approximate surface area is 142 Å². The molecule has 3 rings (SSSR count). The van der Waals surface area contributed by atoms with Crippen molar-refractivity contribution in [2.45, 2.75) is 39.0 Å². The van der Waals surface area contributed by atoms with E-state index in [1.807, 2.05) is 30.3 Å². The highest BCUT2D eigenvalue weighted by Gasteiger charge is 2.07. The Bertz CT molecular complexity index is 690. The first kappa shape index (κ1) is 18.0. The number of aliphatic carboxylic acids is 1. The Morgan fingerprint density at radius 1 is 1.04 bits per heavy atom. The van der Waals surface area contributed by atoms with Crippen LogP contribution in [0.5, 0.6) is 0 Å². The van der Waals surface area contributed by atoms with Gasteiger partial charge in [0.05, 0.1) is 0 Å². The molecular weight excluding hydrogens is 302 g/mol. The number of carbonyl (C=O) groups excluding carboxylic acids is 1. The summed E-state index contributed by atoms with van der Waals surface area (Å²) in [5, 5.41) is 12.8. The predicted molar refractivity (Wildman–Crippen MR) is 96.2 cm³/mol. The standard InChI is InChI=1S/C13H11NO3.C7H14/c15-12(16)8-14-13(17)11-6-5-9-3-1-2-4-10(9)7-11;1-7-5-3-2-4-6-7/h1-7H,8H2,(H,14,17)(H,15,16);7H,2-6H2,1H3. The first-order valence-corrected chi connectivity index (χ1v) is 8.55. The van der Waals surface area contributed by atoms with Gasteiger partial charge in [-0.3, -0.25) is 9.59 Å². The minimum Gasteiger partial charge on any atom is -0.480 e. The smallest absolute Gasteiger partial charge is 0.322 e. The second-order valence-electron chi connectivity index (χ2n) is 6.38. The highest BCUT2D eigenvalue weighted by atomic mass is 16.4. The quantitative estimate of drug-likeness (QED) is 0.886. The first-order valence-electron chi connectivity index (χ1n) is 8.55. The van der Waals surface area contributed by atoms with Gasteiger partial charge in [-0.1, -0.05) is 69.4 Å². The van der Waals surface area contributed by atoms with E-state index in [0.717, 1.165) is 16.7 Å². The molecule has 0 atom stereocenters. The van der Waals surface area contributed by atoms with E-state index in [9.17, 15) is 9.59 Å². The largest absolute Gasteiger partial charge is 0.480 e. The van der Waals surface area contributed by atoms with Gasteiger partial charge < -0.3 is 10.4 Å². The molecule has 0 bridgehead atoms. The zero-order chi connectivity index (χ0) is 17.4. The molecule has 4 heteroatoms. The third-order valence-corrected chi connectivity index (χ3v) is 4.31. The Kier molecular flexibility index (Phi) is 6.79. The number of hydrogen-bond acceptors (Lipinski definition) is 2. The molecule has 0 saturated heterocycles. The van der Waals surface area contributed by atoms with Crippen LogP contribution in [0.15, 0.2) is 42.5 Å². The van der Waals surface area contributed by atoms with Crippen molar-refractivity contribution in [3.8, 4) is 0 Å². The molecule has 0 spiro atoms. The fourth-order valence-corrected chi connectivity index (χ4v) is 2.90. The lowest BCUT2D eigenvalue weighted by atomic mass is 9.91. The number of carboxylic acid groups (broad SMARTS) is 1. The van der Waals surface area contributed by atoms with E-state index in [2.05, 4.69) is 12.2 Å². The van der Waals surface area contributed by atoms with Gasteiger partial charge >= 0.3 is 5.97 Å². The van der Waals surface area contributed by atoms with Gasteiger partial charge in [0, 0.05) is 5.56 Å². The monoisotopic (exact) mass is 327 g/mol. The summed E-state index contributed by atoms with van der Waals surface area (Å²) in [6.45, 7) is 1.99. The molecule has 1 fully saturated rings. The topological polar surface area (TPSA) is 66.4 Å². The lowest BCUT2D eigenvalue weighted by molar-refractivity contribution is -0.135. The second-order valence-corrected chi connectivity index (χ2v) is 6.38. The van der Waals surface area contributed by atoms with Crippen molar-refractivity contribution < 1.29 is 14.7 Å². The van der Waals surface area contributed by atoms with Crippen LogP contribution in [0, 0.1) is 5.92 Å². The summed E-state index contributed by atoms with van der Waals surface area (Å²) < 4.78 is 0. The number of hydrogen-bond donors (Lipinski definition) is 2. The maximum Gasteiger partial charge on any atom is 0.322 e. The number of rotatable bonds is 3. The highest BCUT2D eigenvalue weighted by molar-refractivity contribution is 5.99. The van der Waals surface area contributed by atoms with E-state index in [-0.39, 0.29) is 12.5 Å². The van der Waals surface area contributed by atoms with Crippen LogP contribution in [0.1, 0.15) is 49.4 Å². The molecule has 0 aliphatic heterocycles. The molecule has 1 amide bonds. The number of carboxylic acids is 1. The van der Waals surface area contributed by atoms with Crippen LogP contribution in [0.3, 0.4) is 0 Å². The zero-order valence-corrected chi connectivity index (χ0v) is 14.1. The molecule has 0 unspecified atom stereocenters. The second kappa shape index (κ2) is 9.06. The normalized spacial score (nSPS) is 14.5. The number of amides is 1. The SMILES string of the molecule is CC1CCCCC1.O=C(O)CNC(=O)c1ccc2ccccc2c1. The van der Waals surface area contributed by atoms with E-state index in [0.29, 0.717) is 5.56 Å². The van der Waals surface area contributed by atoms with Crippen LogP contribution in [-0.4, -0.2) is 23.5 Å². The number of carbonyl (C=O) groups is 2. The number of benzene rings is 2. The van der Waals surface area contributed by atoms with Crippen molar-refractivity contribution in [3.63, 3.8) is 0 Å². The van der Waals surface area contributed by atoms with E-state index in [4.69, 9.17) is 5.11 Å². The summed E-state index contributed by atoms with van der Waals surface area (Å²) in [4.78, 5) is 22.0. The molecule has 128 valence electrons. The number of nitrogens with one attached hydrogen (secondary N) is 1. The molecule has 0 radical (unpaired) electrons. The molecule has 1 aliphatic rings. The molecule has 1 aliphatic carbocycles. The maximum absolute atomic E-state index is 11.6. The fourth-order valence-electron chi connectivity index (χ4n) is 2.90. The zero-order valence-electron chi connectivity index (χ0n) is 14.1. The predicted octanol–water partition coefficient (Wildman–Crippen LogP) is 4.24. The summed E-state index contributed by atoms with van der Waals surface area (Å²) >= 11 is 0. The molecule has 2 N–H and O–H groups in total. The van der Waals surface area contributed by atoms with E-state index < -0.39 is 5.97 Å². The van der Waals surface area contributed by atoms with Gasteiger partial charge in [-0.2, -0.15) is 0 Å². The minimum atomic E-state index is -1.06. The van der Waals surface area contributed by atoms with Crippen molar-refractivity contribution in [1.29, 1.82) is 0 Å². The molecule has 0 heterocycles. The van der Waals surface area contributed by atoms with Crippen LogP contribution < -0.4 is 5.32 Å². The number of fused-ring (bicyclic) bond motifs is 1. The summed E-state index contributed by atoms with van der Waals surface area (Å²) in [5.41, 5.74) is 0.463. The highest BCUT2D eigenvalue weighted by Crippen LogP contribution is 2.22. The van der Waals surface area contributed by atoms with Gasteiger partial charge in [0.25, 0.3) is 5.91 Å². The molecular formula is C20H25NO3. The van der Waals surface area contributed by atoms with Gasteiger partial charge in [0.15, 0.2) is 0 Å². The van der Waals surface area contributed by atoms with Crippen LogP contribution >= 0.6 is 0 Å². The summed E-state index contributed by atoms with van der Waals surface area (Å²) in [6.07, 6.45) is 7.44. The molecule has 4 nitrogen and oxygen atoms in total. The van der Waals surface area contributed by atoms with E-state index >= 15 is 0 Å². The van der Waals surface area contributed by atoms with Crippen LogP contribution in [-0.2, 0) is 4.79 Å². The third kappa shape index (κ3) is 5.69. The average molecular weight is 327 g/mol. The Balaban J connectivity index is 0.000000249. The lowest BCUT2D eigenvalue weighted by Crippen LogP contribution is -2.29. The van der Waals surface area contributed by atoms with E-state index in [1.54, 1.807) is 12.1 Å². The molecule has 2 aromatic carbocycles. The minimum absolute atomic E-state index is 0.369. The van der Waals surface area contributed by atoms with Crippen molar-refractivity contribution >= 4 is 22.6 Å². The van der Waals surface area contributed by atoms with Crippen LogP contribution in [0.4, 0.5) is 0 Å². The summed E-state index contributed by atoms with van der Waals surface area (Å²) in [5.74, 6) is -0.397. The molecule has 24 heavy (non-hydrogen) atoms. The summed E-state index contributed by atoms with van der Waals surface area (Å²) in [6, 6.07) is 12.9. The van der Waals surface area contributed by atoms with Crippen LogP contribution in [0.25, 0.3) is 10.8 Å². The van der Waals surface area contributed by atoms with Gasteiger partial charge in [-0.25, -0.2) is 0 Å². The maximum atomic E-state index is 11.6. The summed E-state index contributed by atoms with van der Waals surface area (Å²) in [7, 11) is 0. The van der Waals surface area contributed by atoms with E-state index in [1.165, 1.54) is 32.1 Å². The van der Waals surface area contributed by atoms with Gasteiger partial charge in [-0.15, -0.1) is 0 Å². The lowest BCUT2D eigenvalue weighted by Gasteiger charge is -2.15. The third-order valence-electron chi connectivity index (χ3n) is 4.31. The van der Waals surface area contributed by atoms with Gasteiger partial charge in [0.2, 0.25) is 0 Å². The van der Waals surface area contributed by atoms with Crippen molar-refractivity contribution in [2.24, 2.45) is 5.92 Å². The Morgan fingerprint density at radius 3 is 2.29 bits per heavy atom. The van der Waals surface area contributed by atoms with Crippen molar-refractivity contribution in [2.75, 3.05) is 6.54 Å². The first-order chi connectivity index (χ1) is 11.6. The van der Waals surface area contributed by atoms with Crippen molar-refractivity contribution in [3.05, 3.63) is 48.0 Å².